The summed E-state index contributed by atoms with van der Waals surface area (Å²) >= 11 is 1.77. The van der Waals surface area contributed by atoms with E-state index in [2.05, 4.69) is 43.5 Å². The number of imidazole rings is 1. The van der Waals surface area contributed by atoms with Crippen LogP contribution in [-0.2, 0) is 6.42 Å². The zero-order valence-electron chi connectivity index (χ0n) is 16.0. The third-order valence-electron chi connectivity index (χ3n) is 5.75. The quantitative estimate of drug-likeness (QED) is 0.449. The first-order chi connectivity index (χ1) is 13.9. The van der Waals surface area contributed by atoms with Gasteiger partial charge in [0.25, 0.3) is 0 Å². The van der Waals surface area contributed by atoms with E-state index in [0.717, 1.165) is 41.0 Å². The maximum Gasteiger partial charge on any atom is 0.122 e. The highest BCUT2D eigenvalue weighted by atomic mass is 32.1. The molecule has 1 aliphatic carbocycles. The zero-order valence-corrected chi connectivity index (χ0v) is 16.8. The van der Waals surface area contributed by atoms with Crippen LogP contribution in [0, 0.1) is 5.92 Å². The van der Waals surface area contributed by atoms with E-state index in [1.807, 2.05) is 24.5 Å². The Hall–Kier alpha value is -2.60. The number of rotatable bonds is 6. The van der Waals surface area contributed by atoms with Crippen LogP contribution in [0.25, 0.3) is 22.3 Å². The van der Waals surface area contributed by atoms with Crippen LogP contribution in [0.4, 0.5) is 0 Å². The molecule has 1 fully saturated rings. The van der Waals surface area contributed by atoms with Crippen molar-refractivity contribution >= 4 is 22.4 Å². The van der Waals surface area contributed by atoms with Gasteiger partial charge in [0.05, 0.1) is 17.8 Å². The molecule has 0 aromatic carbocycles. The third kappa shape index (κ3) is 2.92. The lowest BCUT2D eigenvalue weighted by Crippen LogP contribution is -2.27. The molecule has 4 aromatic heterocycles. The molecule has 0 N–H and O–H groups in total. The first-order valence-electron chi connectivity index (χ1n) is 10.0. The van der Waals surface area contributed by atoms with E-state index in [4.69, 9.17) is 4.98 Å². The summed E-state index contributed by atoms with van der Waals surface area (Å²) < 4.78 is 2.46. The lowest BCUT2D eigenvalue weighted by molar-refractivity contribution is 0.237. The van der Waals surface area contributed by atoms with Crippen molar-refractivity contribution in [3.63, 3.8) is 0 Å². The molecule has 5 nitrogen and oxygen atoms in total. The fourth-order valence-electron chi connectivity index (χ4n) is 4.22. The summed E-state index contributed by atoms with van der Waals surface area (Å²) in [7, 11) is 0. The highest BCUT2D eigenvalue weighted by Crippen LogP contribution is 2.43. The van der Waals surface area contributed by atoms with E-state index in [1.54, 1.807) is 17.5 Å². The van der Waals surface area contributed by atoms with Gasteiger partial charge in [-0.1, -0.05) is 13.3 Å². The van der Waals surface area contributed by atoms with Crippen molar-refractivity contribution in [2.24, 2.45) is 5.92 Å². The molecule has 0 amide bonds. The molecule has 0 bridgehead atoms. The molecule has 1 saturated carbocycles. The number of aryl methyl sites for hydroxylation is 1. The summed E-state index contributed by atoms with van der Waals surface area (Å²) in [5.41, 5.74) is 5.20. The molecule has 142 valence electrons. The van der Waals surface area contributed by atoms with Crippen molar-refractivity contribution in [1.29, 1.82) is 0 Å². The smallest absolute Gasteiger partial charge is 0.122 e. The van der Waals surface area contributed by atoms with Crippen LogP contribution in [0.1, 0.15) is 50.0 Å². The van der Waals surface area contributed by atoms with Crippen LogP contribution in [0.5, 0.6) is 0 Å². The number of thiophene rings is 1. The maximum absolute atomic E-state index is 5.09. The van der Waals surface area contributed by atoms with Crippen LogP contribution in [0.3, 0.4) is 0 Å². The van der Waals surface area contributed by atoms with E-state index >= 15 is 0 Å². The van der Waals surface area contributed by atoms with E-state index in [0.29, 0.717) is 12.0 Å². The second kappa shape index (κ2) is 7.43. The van der Waals surface area contributed by atoms with Gasteiger partial charge in [-0.05, 0) is 59.7 Å². The first kappa shape index (κ1) is 17.5. The molecule has 4 heterocycles. The number of pyridine rings is 1. The normalized spacial score (nSPS) is 15.6. The molecule has 1 aliphatic rings. The van der Waals surface area contributed by atoms with Crippen molar-refractivity contribution in [1.82, 2.24) is 24.7 Å². The topological polar surface area (TPSA) is 56.5 Å². The van der Waals surface area contributed by atoms with Crippen LogP contribution >= 0.6 is 11.3 Å². The van der Waals surface area contributed by atoms with Gasteiger partial charge in [0.15, 0.2) is 0 Å². The van der Waals surface area contributed by atoms with Gasteiger partial charge in [0, 0.05) is 24.4 Å². The summed E-state index contributed by atoms with van der Waals surface area (Å²) in [6.45, 7) is 2.21. The minimum absolute atomic E-state index is 0.331. The van der Waals surface area contributed by atoms with Crippen molar-refractivity contribution in [3.8, 4) is 11.3 Å². The minimum Gasteiger partial charge on any atom is -0.319 e. The Bertz CT molecular complexity index is 1070. The van der Waals surface area contributed by atoms with E-state index in [1.165, 1.54) is 24.8 Å². The standard InChI is InChI=1S/C22H23N5S/c1-2-5-19-25-21-18(13-24-26-20(21)16-8-4-10-23-12-16)27(19)22(15-6-3-7-15)17-9-11-28-14-17/h4,8-15,22H,2-3,5-7H2,1H3. The fraction of sp³-hybridized carbons (Fsp3) is 0.364. The third-order valence-corrected chi connectivity index (χ3v) is 6.45. The summed E-state index contributed by atoms with van der Waals surface area (Å²) in [6, 6.07) is 6.56. The van der Waals surface area contributed by atoms with Crippen molar-refractivity contribution in [2.45, 2.75) is 45.1 Å². The molecule has 1 atom stereocenters. The van der Waals surface area contributed by atoms with Gasteiger partial charge in [0.2, 0.25) is 0 Å². The zero-order chi connectivity index (χ0) is 18.9. The Labute approximate surface area is 168 Å². The highest BCUT2D eigenvalue weighted by molar-refractivity contribution is 7.08. The first-order valence-corrected chi connectivity index (χ1v) is 11.0. The Kier molecular flexibility index (Phi) is 4.64. The van der Waals surface area contributed by atoms with Crippen LogP contribution in [0.15, 0.2) is 47.5 Å². The van der Waals surface area contributed by atoms with Crippen molar-refractivity contribution in [3.05, 3.63) is 58.9 Å². The fourth-order valence-corrected chi connectivity index (χ4v) is 4.91. The monoisotopic (exact) mass is 389 g/mol. The van der Waals surface area contributed by atoms with Gasteiger partial charge in [-0.2, -0.15) is 16.4 Å². The molecule has 0 radical (unpaired) electrons. The largest absolute Gasteiger partial charge is 0.319 e. The predicted molar refractivity (Wildman–Crippen MR) is 112 cm³/mol. The van der Waals surface area contributed by atoms with Gasteiger partial charge < -0.3 is 4.57 Å². The summed E-state index contributed by atoms with van der Waals surface area (Å²) in [4.78, 5) is 9.35. The maximum atomic E-state index is 5.09. The SMILES string of the molecule is CCCc1nc2c(-c3cccnc3)nncc2n1C(c1ccsc1)C1CCC1. The Balaban J connectivity index is 1.74. The minimum atomic E-state index is 0.331. The van der Waals surface area contributed by atoms with Crippen LogP contribution in [-0.4, -0.2) is 24.7 Å². The molecular formula is C22H23N5S. The van der Waals surface area contributed by atoms with Gasteiger partial charge in [-0.15, -0.1) is 5.10 Å². The number of nitrogens with zero attached hydrogens (tertiary/aromatic N) is 5. The average molecular weight is 390 g/mol. The van der Waals surface area contributed by atoms with Crippen molar-refractivity contribution < 1.29 is 0 Å². The number of hydrogen-bond donors (Lipinski definition) is 0. The average Bonchev–Trinajstić information content (AvgIpc) is 3.33. The number of fused-ring (bicyclic) bond motifs is 1. The Morgan fingerprint density at radius 3 is 2.86 bits per heavy atom. The van der Waals surface area contributed by atoms with E-state index in [-0.39, 0.29) is 0 Å². The Morgan fingerprint density at radius 1 is 1.25 bits per heavy atom. The predicted octanol–water partition coefficient (Wildman–Crippen LogP) is 5.29. The van der Waals surface area contributed by atoms with Gasteiger partial charge in [-0.3, -0.25) is 4.98 Å². The number of aromatic nitrogens is 5. The van der Waals surface area contributed by atoms with Crippen LogP contribution < -0.4 is 0 Å². The van der Waals surface area contributed by atoms with Crippen LogP contribution in [0.2, 0.25) is 0 Å². The molecule has 0 aliphatic heterocycles. The van der Waals surface area contributed by atoms with Gasteiger partial charge >= 0.3 is 0 Å². The second-order valence-corrected chi connectivity index (χ2v) is 8.29. The molecule has 0 saturated heterocycles. The summed E-state index contributed by atoms with van der Waals surface area (Å²) in [6.07, 6.45) is 11.4. The van der Waals surface area contributed by atoms with Gasteiger partial charge in [0.1, 0.15) is 17.0 Å². The summed E-state index contributed by atoms with van der Waals surface area (Å²) in [5, 5.41) is 13.3. The van der Waals surface area contributed by atoms with Gasteiger partial charge in [-0.25, -0.2) is 4.98 Å². The molecule has 5 rings (SSSR count). The highest BCUT2D eigenvalue weighted by Gasteiger charge is 2.33. The van der Waals surface area contributed by atoms with Crippen molar-refractivity contribution in [2.75, 3.05) is 0 Å². The summed E-state index contributed by atoms with van der Waals surface area (Å²) in [5.74, 6) is 1.80. The molecule has 28 heavy (non-hydrogen) atoms. The molecule has 1 unspecified atom stereocenters. The second-order valence-electron chi connectivity index (χ2n) is 7.51. The molecule has 4 aromatic rings. The van der Waals surface area contributed by atoms with E-state index in [9.17, 15) is 0 Å². The molecule has 6 heteroatoms. The molecule has 0 spiro atoms. The molecular weight excluding hydrogens is 366 g/mol. The number of hydrogen-bond acceptors (Lipinski definition) is 5. The van der Waals surface area contributed by atoms with E-state index < -0.39 is 0 Å². The Morgan fingerprint density at radius 2 is 2.18 bits per heavy atom. The lowest BCUT2D eigenvalue weighted by atomic mass is 9.77. The lowest BCUT2D eigenvalue weighted by Gasteiger charge is -2.35.